The average molecular weight is 620 g/mol. The summed E-state index contributed by atoms with van der Waals surface area (Å²) < 4.78 is 4.59. The van der Waals surface area contributed by atoms with Gasteiger partial charge in [0.2, 0.25) is 5.95 Å². The minimum atomic E-state index is 0.0776. The van der Waals surface area contributed by atoms with Gasteiger partial charge in [-0.05, 0) is 47.4 Å². The summed E-state index contributed by atoms with van der Waals surface area (Å²) in [4.78, 5) is 15.2. The fourth-order valence-electron chi connectivity index (χ4n) is 6.93. The predicted molar refractivity (Wildman–Crippen MR) is 198 cm³/mol. The van der Waals surface area contributed by atoms with Gasteiger partial charge in [-0.3, -0.25) is 4.57 Å². The van der Waals surface area contributed by atoms with Crippen molar-refractivity contribution in [1.29, 1.82) is 0 Å². The number of rotatable bonds is 4. The van der Waals surface area contributed by atoms with Gasteiger partial charge in [-0.15, -0.1) is 0 Å². The zero-order valence-corrected chi connectivity index (χ0v) is 27.1. The molecule has 9 rings (SSSR count). The Labute approximate surface area is 278 Å². The average Bonchev–Trinajstić information content (AvgIpc) is 3.63. The Morgan fingerprint density at radius 1 is 0.417 bits per heavy atom. The van der Waals surface area contributed by atoms with Crippen LogP contribution in [-0.2, 0) is 5.41 Å². The van der Waals surface area contributed by atoms with Gasteiger partial charge in [0.05, 0.1) is 22.1 Å². The maximum Gasteiger partial charge on any atom is 0.238 e. The van der Waals surface area contributed by atoms with Crippen LogP contribution in [0.15, 0.2) is 146 Å². The normalized spacial score (nSPS) is 12.1. The molecule has 0 spiro atoms. The SMILES string of the molecule is CC(C)(C)c1ccc(-n2c3ccccc3c3cc4c5ccccc5n(-c5nc(-c6ccccc6)nc(-c6ccccc6)n5)c4cc32)cc1. The van der Waals surface area contributed by atoms with E-state index in [1.54, 1.807) is 0 Å². The lowest BCUT2D eigenvalue weighted by atomic mass is 9.87. The highest BCUT2D eigenvalue weighted by molar-refractivity contribution is 6.19. The molecule has 3 aromatic heterocycles. The Kier molecular flexibility index (Phi) is 6.31. The van der Waals surface area contributed by atoms with Gasteiger partial charge in [-0.25, -0.2) is 4.98 Å². The molecule has 0 saturated heterocycles. The summed E-state index contributed by atoms with van der Waals surface area (Å²) >= 11 is 0. The summed E-state index contributed by atoms with van der Waals surface area (Å²) in [7, 11) is 0. The second-order valence-electron chi connectivity index (χ2n) is 13.4. The molecular weight excluding hydrogens is 587 g/mol. The molecule has 0 aliphatic heterocycles. The van der Waals surface area contributed by atoms with Crippen molar-refractivity contribution in [2.24, 2.45) is 0 Å². The molecule has 3 heterocycles. The molecular formula is C43H33N5. The molecule has 0 unspecified atom stereocenters. The van der Waals surface area contributed by atoms with E-state index >= 15 is 0 Å². The van der Waals surface area contributed by atoms with Crippen molar-refractivity contribution >= 4 is 43.6 Å². The van der Waals surface area contributed by atoms with E-state index in [1.165, 1.54) is 21.9 Å². The Morgan fingerprint density at radius 2 is 0.896 bits per heavy atom. The first-order valence-corrected chi connectivity index (χ1v) is 16.4. The van der Waals surface area contributed by atoms with E-state index in [1.807, 2.05) is 60.7 Å². The zero-order valence-electron chi connectivity index (χ0n) is 27.1. The monoisotopic (exact) mass is 619 g/mol. The fourth-order valence-corrected chi connectivity index (χ4v) is 6.93. The molecule has 0 saturated carbocycles. The third-order valence-corrected chi connectivity index (χ3v) is 9.35. The minimum absolute atomic E-state index is 0.0776. The molecule has 0 atom stereocenters. The van der Waals surface area contributed by atoms with Gasteiger partial charge in [0.15, 0.2) is 11.6 Å². The van der Waals surface area contributed by atoms with Gasteiger partial charge in [-0.1, -0.05) is 130 Å². The van der Waals surface area contributed by atoms with Crippen molar-refractivity contribution < 1.29 is 0 Å². The third kappa shape index (κ3) is 4.50. The van der Waals surface area contributed by atoms with E-state index in [4.69, 9.17) is 15.0 Å². The molecule has 5 nitrogen and oxygen atoms in total. The highest BCUT2D eigenvalue weighted by Gasteiger charge is 2.21. The number of para-hydroxylation sites is 2. The Morgan fingerprint density at radius 3 is 1.44 bits per heavy atom. The molecule has 5 heteroatoms. The van der Waals surface area contributed by atoms with Crippen molar-refractivity contribution in [2.75, 3.05) is 0 Å². The van der Waals surface area contributed by atoms with E-state index in [0.29, 0.717) is 17.6 Å². The van der Waals surface area contributed by atoms with Crippen molar-refractivity contribution in [2.45, 2.75) is 26.2 Å². The molecule has 0 radical (unpaired) electrons. The Balaban J connectivity index is 1.37. The first-order valence-electron chi connectivity index (χ1n) is 16.4. The third-order valence-electron chi connectivity index (χ3n) is 9.35. The van der Waals surface area contributed by atoms with E-state index < -0.39 is 0 Å². The molecule has 9 aromatic rings. The van der Waals surface area contributed by atoms with Crippen LogP contribution in [0.3, 0.4) is 0 Å². The minimum Gasteiger partial charge on any atom is -0.309 e. The van der Waals surface area contributed by atoms with Crippen LogP contribution < -0.4 is 0 Å². The summed E-state index contributed by atoms with van der Waals surface area (Å²) in [6.07, 6.45) is 0. The van der Waals surface area contributed by atoms with Gasteiger partial charge < -0.3 is 4.57 Å². The molecule has 0 fully saturated rings. The van der Waals surface area contributed by atoms with Crippen molar-refractivity contribution in [1.82, 2.24) is 24.1 Å². The van der Waals surface area contributed by atoms with Crippen LogP contribution >= 0.6 is 0 Å². The van der Waals surface area contributed by atoms with E-state index in [0.717, 1.165) is 44.1 Å². The lowest BCUT2D eigenvalue weighted by Crippen LogP contribution is -2.10. The number of benzene rings is 6. The zero-order chi connectivity index (χ0) is 32.4. The summed E-state index contributed by atoms with van der Waals surface area (Å²) in [5.74, 6) is 1.87. The molecule has 6 aromatic carbocycles. The van der Waals surface area contributed by atoms with Crippen LogP contribution in [0.2, 0.25) is 0 Å². The highest BCUT2D eigenvalue weighted by atomic mass is 15.2. The number of fused-ring (bicyclic) bond motifs is 6. The van der Waals surface area contributed by atoms with Crippen molar-refractivity contribution in [3.8, 4) is 34.4 Å². The molecule has 48 heavy (non-hydrogen) atoms. The lowest BCUT2D eigenvalue weighted by molar-refractivity contribution is 0.590. The second kappa shape index (κ2) is 10.7. The van der Waals surface area contributed by atoms with Gasteiger partial charge in [0, 0.05) is 38.4 Å². The first kappa shape index (κ1) is 28.2. The maximum absolute atomic E-state index is 5.14. The van der Waals surface area contributed by atoms with Crippen molar-refractivity contribution in [3.63, 3.8) is 0 Å². The molecule has 0 N–H and O–H groups in total. The molecule has 0 aliphatic rings. The molecule has 0 aliphatic carbocycles. The largest absolute Gasteiger partial charge is 0.309 e. The molecule has 230 valence electrons. The fraction of sp³-hybridized carbons (Fsp3) is 0.0930. The predicted octanol–water partition coefficient (Wildman–Crippen LogP) is 10.7. The highest BCUT2D eigenvalue weighted by Crippen LogP contribution is 2.39. The van der Waals surface area contributed by atoms with E-state index in [-0.39, 0.29) is 5.41 Å². The maximum atomic E-state index is 5.14. The summed E-state index contributed by atoms with van der Waals surface area (Å²) in [6, 6.07) is 51.2. The quantitative estimate of drug-likeness (QED) is 0.197. The van der Waals surface area contributed by atoms with Gasteiger partial charge in [-0.2, -0.15) is 9.97 Å². The first-order chi connectivity index (χ1) is 23.4. The van der Waals surface area contributed by atoms with Gasteiger partial charge in [0.25, 0.3) is 0 Å². The number of nitrogens with zero attached hydrogens (tertiary/aromatic N) is 5. The molecule has 0 bridgehead atoms. The van der Waals surface area contributed by atoms with Crippen LogP contribution in [-0.4, -0.2) is 24.1 Å². The smallest absolute Gasteiger partial charge is 0.238 e. The van der Waals surface area contributed by atoms with Crippen LogP contribution in [0.25, 0.3) is 78.0 Å². The topological polar surface area (TPSA) is 48.5 Å². The number of aromatic nitrogens is 5. The van der Waals surface area contributed by atoms with Gasteiger partial charge >= 0.3 is 0 Å². The van der Waals surface area contributed by atoms with E-state index in [2.05, 4.69) is 115 Å². The standard InChI is InChI=1S/C43H33N5/c1-43(2,3)30-22-24-31(25-23-30)47-36-20-12-10-18-32(36)34-26-35-33-19-11-13-21-37(33)48(39(35)27-38(34)47)42-45-40(28-14-6-4-7-15-28)44-41(46-42)29-16-8-5-9-17-29/h4-27H,1-3H3. The lowest BCUT2D eigenvalue weighted by Gasteiger charge is -2.19. The molecule has 0 amide bonds. The number of hydrogen-bond donors (Lipinski definition) is 0. The van der Waals surface area contributed by atoms with Gasteiger partial charge in [0.1, 0.15) is 0 Å². The van der Waals surface area contributed by atoms with Crippen LogP contribution in [0.1, 0.15) is 26.3 Å². The summed E-state index contributed by atoms with van der Waals surface area (Å²) in [5.41, 5.74) is 8.82. The Hall–Kier alpha value is -6.07. The summed E-state index contributed by atoms with van der Waals surface area (Å²) in [5, 5.41) is 4.76. The van der Waals surface area contributed by atoms with Crippen LogP contribution in [0, 0.1) is 0 Å². The van der Waals surface area contributed by atoms with Crippen LogP contribution in [0.4, 0.5) is 0 Å². The summed E-state index contributed by atoms with van der Waals surface area (Å²) in [6.45, 7) is 6.77. The van der Waals surface area contributed by atoms with E-state index in [9.17, 15) is 0 Å². The van der Waals surface area contributed by atoms with Crippen LogP contribution in [0.5, 0.6) is 0 Å². The Bertz CT molecular complexity index is 2570. The van der Waals surface area contributed by atoms with Crippen molar-refractivity contribution in [3.05, 3.63) is 151 Å². The number of hydrogen-bond acceptors (Lipinski definition) is 3. The second-order valence-corrected chi connectivity index (χ2v) is 13.4.